The quantitative estimate of drug-likeness (QED) is 0.444. The molecule has 0 bridgehead atoms. The van der Waals surface area contributed by atoms with E-state index in [9.17, 15) is 19.4 Å². The number of amides is 1. The summed E-state index contributed by atoms with van der Waals surface area (Å²) in [7, 11) is 0. The smallest absolute Gasteiger partial charge is 0.220 e. The van der Waals surface area contributed by atoms with Gasteiger partial charge in [-0.1, -0.05) is 0 Å². The minimum Gasteiger partial charge on any atom is -0.397 e. The average Bonchev–Trinajstić information content (AvgIpc) is 2.21. The molecule has 0 aromatic heterocycles. The van der Waals surface area contributed by atoms with Gasteiger partial charge in [-0.3, -0.25) is 4.79 Å². The first-order chi connectivity index (χ1) is 7.82. The maximum Gasteiger partial charge on any atom is 0.220 e. The summed E-state index contributed by atoms with van der Waals surface area (Å²) in [5.74, 6) is -1.49. The Morgan fingerprint density at radius 1 is 1.35 bits per heavy atom. The fourth-order valence-corrected chi connectivity index (χ4v) is 1.43. The van der Waals surface area contributed by atoms with Crippen molar-refractivity contribution in [1.82, 2.24) is 0 Å². The lowest BCUT2D eigenvalue weighted by Crippen LogP contribution is -2.26. The third-order valence-electron chi connectivity index (χ3n) is 2.30. The first-order valence-electron chi connectivity index (χ1n) is 4.81. The summed E-state index contributed by atoms with van der Waals surface area (Å²) in [6.45, 7) is 0. The van der Waals surface area contributed by atoms with Crippen LogP contribution in [0.25, 0.3) is 0 Å². The number of carbonyl (C=O) groups is 1. The normalized spacial score (nSPS) is 14.3. The summed E-state index contributed by atoms with van der Waals surface area (Å²) in [6.07, 6.45) is -3.45. The highest BCUT2D eigenvalue weighted by molar-refractivity contribution is 5.74. The van der Waals surface area contributed by atoms with E-state index in [1.807, 2.05) is 0 Å². The lowest BCUT2D eigenvalue weighted by molar-refractivity contribution is -0.121. The van der Waals surface area contributed by atoms with Gasteiger partial charge in [0.15, 0.2) is 0 Å². The van der Waals surface area contributed by atoms with Crippen LogP contribution in [-0.2, 0) is 4.79 Å². The van der Waals surface area contributed by atoms with Crippen LogP contribution in [0.3, 0.4) is 0 Å². The van der Waals surface area contributed by atoms with Crippen molar-refractivity contribution in [2.75, 3.05) is 11.5 Å². The zero-order chi connectivity index (χ0) is 13.2. The van der Waals surface area contributed by atoms with Crippen LogP contribution >= 0.6 is 0 Å². The van der Waals surface area contributed by atoms with Gasteiger partial charge < -0.3 is 27.4 Å². The minimum atomic E-state index is -1.53. The van der Waals surface area contributed by atoms with Crippen molar-refractivity contribution in [3.8, 4) is 0 Å². The Bertz CT molecular complexity index is 439. The van der Waals surface area contributed by atoms with Crippen molar-refractivity contribution in [3.63, 3.8) is 0 Å². The van der Waals surface area contributed by atoms with E-state index < -0.39 is 30.4 Å². The van der Waals surface area contributed by atoms with E-state index in [0.29, 0.717) is 0 Å². The molecule has 0 spiro atoms. The van der Waals surface area contributed by atoms with E-state index in [4.69, 9.17) is 17.2 Å². The van der Waals surface area contributed by atoms with Gasteiger partial charge in [-0.2, -0.15) is 0 Å². The van der Waals surface area contributed by atoms with E-state index in [0.717, 1.165) is 12.1 Å². The molecular formula is C10H14FN3O3. The van der Waals surface area contributed by atoms with Gasteiger partial charge in [-0.05, 0) is 12.1 Å². The number of hydrogen-bond donors (Lipinski definition) is 5. The second-order valence-corrected chi connectivity index (χ2v) is 3.68. The number of halogens is 1. The second kappa shape index (κ2) is 4.98. The van der Waals surface area contributed by atoms with Crippen LogP contribution in [0.2, 0.25) is 0 Å². The molecular weight excluding hydrogens is 229 g/mol. The topological polar surface area (TPSA) is 136 Å². The monoisotopic (exact) mass is 243 g/mol. The van der Waals surface area contributed by atoms with Crippen molar-refractivity contribution >= 4 is 17.3 Å². The number of hydrogen-bond acceptors (Lipinski definition) is 5. The second-order valence-electron chi connectivity index (χ2n) is 3.68. The summed E-state index contributed by atoms with van der Waals surface area (Å²) < 4.78 is 13.1. The van der Waals surface area contributed by atoms with Crippen molar-refractivity contribution < 1.29 is 19.4 Å². The van der Waals surface area contributed by atoms with E-state index in [1.54, 1.807) is 0 Å². The molecule has 2 atom stereocenters. The number of aliphatic hydroxyl groups excluding tert-OH is 2. The van der Waals surface area contributed by atoms with Crippen LogP contribution in [-0.4, -0.2) is 22.2 Å². The van der Waals surface area contributed by atoms with E-state index in [1.165, 1.54) is 0 Å². The first kappa shape index (κ1) is 13.2. The molecule has 1 aromatic carbocycles. The molecule has 0 aliphatic rings. The number of aliphatic hydroxyl groups is 2. The largest absolute Gasteiger partial charge is 0.397 e. The van der Waals surface area contributed by atoms with Crippen molar-refractivity contribution in [1.29, 1.82) is 0 Å². The molecule has 1 aromatic rings. The zero-order valence-electron chi connectivity index (χ0n) is 8.93. The summed E-state index contributed by atoms with van der Waals surface area (Å²) in [4.78, 5) is 10.6. The number of nitrogen functional groups attached to an aromatic ring is 2. The van der Waals surface area contributed by atoms with Gasteiger partial charge in [-0.15, -0.1) is 0 Å². The molecule has 0 saturated heterocycles. The average molecular weight is 243 g/mol. The van der Waals surface area contributed by atoms with Crippen LogP contribution in [0.15, 0.2) is 12.1 Å². The number of carbonyl (C=O) groups excluding carboxylic acids is 1. The van der Waals surface area contributed by atoms with Gasteiger partial charge in [0.2, 0.25) is 5.91 Å². The molecule has 94 valence electrons. The summed E-state index contributed by atoms with van der Waals surface area (Å²) in [5, 5.41) is 19.2. The van der Waals surface area contributed by atoms with Gasteiger partial charge >= 0.3 is 0 Å². The van der Waals surface area contributed by atoms with E-state index >= 15 is 0 Å². The lowest BCUT2D eigenvalue weighted by Gasteiger charge is -2.19. The van der Waals surface area contributed by atoms with Crippen molar-refractivity contribution in [2.24, 2.45) is 5.73 Å². The Morgan fingerprint density at radius 2 is 1.94 bits per heavy atom. The minimum absolute atomic E-state index is 0.0394. The van der Waals surface area contributed by atoms with Gasteiger partial charge in [0.1, 0.15) is 11.9 Å². The van der Waals surface area contributed by atoms with Gasteiger partial charge in [0.05, 0.1) is 23.9 Å². The zero-order valence-corrected chi connectivity index (χ0v) is 8.93. The van der Waals surface area contributed by atoms with E-state index in [-0.39, 0.29) is 16.9 Å². The molecule has 0 heterocycles. The van der Waals surface area contributed by atoms with Gasteiger partial charge in [0.25, 0.3) is 0 Å². The van der Waals surface area contributed by atoms with E-state index in [2.05, 4.69) is 0 Å². The molecule has 7 heteroatoms. The molecule has 0 saturated carbocycles. The maximum atomic E-state index is 13.1. The highest BCUT2D eigenvalue weighted by Crippen LogP contribution is 2.29. The predicted octanol–water partition coefficient (Wildman–Crippen LogP) is -0.740. The lowest BCUT2D eigenvalue weighted by atomic mass is 9.99. The van der Waals surface area contributed by atoms with Crippen LogP contribution in [0, 0.1) is 5.82 Å². The predicted molar refractivity (Wildman–Crippen MR) is 60.0 cm³/mol. The molecule has 0 aliphatic carbocycles. The summed E-state index contributed by atoms with van der Waals surface area (Å²) in [5.41, 5.74) is 15.7. The molecule has 17 heavy (non-hydrogen) atoms. The Balaban J connectivity index is 3.03. The highest BCUT2D eigenvalue weighted by atomic mass is 19.1. The Morgan fingerprint density at radius 3 is 2.47 bits per heavy atom. The Kier molecular flexibility index (Phi) is 3.87. The number of nitrogens with two attached hydrogens (primary N) is 3. The SMILES string of the molecule is NC(=O)CC(O)C(O)c1cc(F)cc(N)c1N. The van der Waals surface area contributed by atoms with Crippen LogP contribution in [0.4, 0.5) is 15.8 Å². The standard InChI is InChI=1S/C10H14FN3O3/c11-4-1-5(9(14)6(12)2-4)10(17)7(15)3-8(13)16/h1-2,7,10,15,17H,3,12,14H2,(H2,13,16). The van der Waals surface area contributed by atoms with Crippen LogP contribution < -0.4 is 17.2 Å². The Labute approximate surface area is 96.8 Å². The molecule has 0 aliphatic heterocycles. The van der Waals surface area contributed by atoms with Crippen LogP contribution in [0.5, 0.6) is 0 Å². The highest BCUT2D eigenvalue weighted by Gasteiger charge is 2.23. The third-order valence-corrected chi connectivity index (χ3v) is 2.30. The molecule has 6 nitrogen and oxygen atoms in total. The maximum absolute atomic E-state index is 13.1. The molecule has 8 N–H and O–H groups in total. The van der Waals surface area contributed by atoms with Crippen LogP contribution in [0.1, 0.15) is 18.1 Å². The number of rotatable bonds is 4. The molecule has 0 radical (unpaired) electrons. The van der Waals surface area contributed by atoms with Gasteiger partial charge in [0, 0.05) is 5.56 Å². The molecule has 0 fully saturated rings. The third kappa shape index (κ3) is 3.05. The molecule has 1 rings (SSSR count). The molecule has 1 amide bonds. The first-order valence-corrected chi connectivity index (χ1v) is 4.81. The van der Waals surface area contributed by atoms with Crippen molar-refractivity contribution in [3.05, 3.63) is 23.5 Å². The summed E-state index contributed by atoms with van der Waals surface area (Å²) >= 11 is 0. The number of benzene rings is 1. The summed E-state index contributed by atoms with van der Waals surface area (Å²) in [6, 6.07) is 1.94. The number of anilines is 2. The van der Waals surface area contributed by atoms with Gasteiger partial charge in [-0.25, -0.2) is 4.39 Å². The molecule has 2 unspecified atom stereocenters. The number of primary amides is 1. The Hall–Kier alpha value is -1.86. The fraction of sp³-hybridized carbons (Fsp3) is 0.300. The fourth-order valence-electron chi connectivity index (χ4n) is 1.43. The van der Waals surface area contributed by atoms with Crippen molar-refractivity contribution in [2.45, 2.75) is 18.6 Å².